The van der Waals surface area contributed by atoms with E-state index in [4.69, 9.17) is 4.52 Å². The average molecular weight is 307 g/mol. The smallest absolute Gasteiger partial charge is 0.240 e. The molecule has 0 aliphatic carbocycles. The molecule has 2 aromatic carbocycles. The van der Waals surface area contributed by atoms with Crippen molar-refractivity contribution < 1.29 is 4.52 Å². The Balaban J connectivity index is 1.54. The van der Waals surface area contributed by atoms with E-state index >= 15 is 0 Å². The third kappa shape index (κ3) is 2.99. The number of benzene rings is 2. The first kappa shape index (κ1) is 14.4. The van der Waals surface area contributed by atoms with Crippen LogP contribution >= 0.6 is 0 Å². The van der Waals surface area contributed by atoms with Gasteiger partial charge in [-0.05, 0) is 49.1 Å². The lowest BCUT2D eigenvalue weighted by atomic mass is 9.98. The lowest BCUT2D eigenvalue weighted by Gasteiger charge is -2.23. The number of nitrogens with zero attached hydrogens (tertiary/aromatic N) is 3. The summed E-state index contributed by atoms with van der Waals surface area (Å²) in [6.07, 6.45) is 3.55. The molecule has 4 heteroatoms. The van der Waals surface area contributed by atoms with E-state index in [1.54, 1.807) is 0 Å². The van der Waals surface area contributed by atoms with E-state index in [0.717, 1.165) is 25.4 Å². The van der Waals surface area contributed by atoms with E-state index in [-0.39, 0.29) is 0 Å². The first-order valence-electron chi connectivity index (χ1n) is 8.29. The average Bonchev–Trinajstić information content (AvgIpc) is 3.17. The second-order valence-electron chi connectivity index (χ2n) is 6.34. The summed E-state index contributed by atoms with van der Waals surface area (Å²) in [7, 11) is 0. The number of hydrogen-bond donors (Lipinski definition) is 0. The second kappa shape index (κ2) is 6.13. The van der Waals surface area contributed by atoms with Crippen LogP contribution in [0.25, 0.3) is 10.8 Å². The fourth-order valence-electron chi connectivity index (χ4n) is 3.64. The molecule has 118 valence electrons. The highest BCUT2D eigenvalue weighted by molar-refractivity contribution is 5.85. The highest BCUT2D eigenvalue weighted by Gasteiger charge is 2.26. The number of likely N-dealkylation sites (tertiary alicyclic amines) is 1. The minimum absolute atomic E-state index is 0.549. The predicted octanol–water partition coefficient (Wildman–Crippen LogP) is 3.74. The highest BCUT2D eigenvalue weighted by atomic mass is 16.5. The Labute approximate surface area is 136 Å². The molecule has 0 amide bonds. The summed E-state index contributed by atoms with van der Waals surface area (Å²) in [5.74, 6) is 1.44. The topological polar surface area (TPSA) is 42.2 Å². The van der Waals surface area contributed by atoms with Crippen LogP contribution in [0.5, 0.6) is 0 Å². The molecular weight excluding hydrogens is 286 g/mol. The van der Waals surface area contributed by atoms with Crippen molar-refractivity contribution in [3.63, 3.8) is 0 Å². The van der Waals surface area contributed by atoms with Gasteiger partial charge in [-0.3, -0.25) is 4.90 Å². The maximum absolute atomic E-state index is 5.29. The molecule has 0 bridgehead atoms. The Bertz CT molecular complexity index is 806. The second-order valence-corrected chi connectivity index (χ2v) is 6.34. The van der Waals surface area contributed by atoms with E-state index in [2.05, 4.69) is 57.5 Å². The zero-order chi connectivity index (χ0) is 15.6. The molecule has 1 aliphatic rings. The van der Waals surface area contributed by atoms with Crippen LogP contribution in [0, 0.1) is 6.92 Å². The van der Waals surface area contributed by atoms with Crippen molar-refractivity contribution in [1.29, 1.82) is 0 Å². The molecule has 23 heavy (non-hydrogen) atoms. The summed E-state index contributed by atoms with van der Waals surface area (Å²) in [4.78, 5) is 6.83. The molecule has 0 N–H and O–H groups in total. The molecule has 0 unspecified atom stereocenters. The van der Waals surface area contributed by atoms with Gasteiger partial charge in [0.05, 0.1) is 6.54 Å². The van der Waals surface area contributed by atoms with E-state index in [0.29, 0.717) is 11.9 Å². The minimum atomic E-state index is 0.549. The minimum Gasteiger partial charge on any atom is -0.338 e. The van der Waals surface area contributed by atoms with Crippen LogP contribution in [0.4, 0.5) is 0 Å². The Hall–Kier alpha value is -2.20. The normalized spacial score (nSPS) is 18.7. The van der Waals surface area contributed by atoms with Gasteiger partial charge in [0, 0.05) is 6.04 Å². The Morgan fingerprint density at radius 3 is 2.91 bits per heavy atom. The first-order valence-corrected chi connectivity index (χ1v) is 8.29. The summed E-state index contributed by atoms with van der Waals surface area (Å²) in [5, 5.41) is 6.59. The van der Waals surface area contributed by atoms with Gasteiger partial charge in [-0.25, -0.2) is 0 Å². The van der Waals surface area contributed by atoms with Gasteiger partial charge in [-0.2, -0.15) is 4.98 Å². The van der Waals surface area contributed by atoms with Gasteiger partial charge >= 0.3 is 0 Å². The molecule has 1 atom stereocenters. The lowest BCUT2D eigenvalue weighted by Crippen LogP contribution is -2.30. The van der Waals surface area contributed by atoms with Crippen molar-refractivity contribution in [1.82, 2.24) is 15.0 Å². The van der Waals surface area contributed by atoms with Crippen molar-refractivity contribution in [3.05, 3.63) is 59.7 Å². The van der Waals surface area contributed by atoms with E-state index in [1.807, 2.05) is 6.92 Å². The van der Waals surface area contributed by atoms with E-state index < -0.39 is 0 Å². The summed E-state index contributed by atoms with van der Waals surface area (Å²) in [6, 6.07) is 15.8. The van der Waals surface area contributed by atoms with Crippen molar-refractivity contribution in [3.8, 4) is 0 Å². The fourth-order valence-corrected chi connectivity index (χ4v) is 3.64. The lowest BCUT2D eigenvalue weighted by molar-refractivity contribution is 0.210. The number of aryl methyl sites for hydroxylation is 1. The number of fused-ring (bicyclic) bond motifs is 1. The van der Waals surface area contributed by atoms with Crippen LogP contribution in [-0.2, 0) is 13.0 Å². The van der Waals surface area contributed by atoms with Crippen LogP contribution in [0.3, 0.4) is 0 Å². The van der Waals surface area contributed by atoms with Crippen molar-refractivity contribution >= 4 is 10.8 Å². The van der Waals surface area contributed by atoms with Gasteiger partial charge in [-0.15, -0.1) is 0 Å². The molecule has 1 aliphatic heterocycles. The molecule has 1 saturated heterocycles. The largest absolute Gasteiger partial charge is 0.338 e. The monoisotopic (exact) mass is 307 g/mol. The van der Waals surface area contributed by atoms with Crippen LogP contribution in [-0.4, -0.2) is 27.6 Å². The Kier molecular flexibility index (Phi) is 3.83. The Morgan fingerprint density at radius 2 is 2.04 bits per heavy atom. The fraction of sp³-hybridized carbons (Fsp3) is 0.368. The molecule has 3 aromatic rings. The summed E-state index contributed by atoms with van der Waals surface area (Å²) >= 11 is 0. The van der Waals surface area contributed by atoms with Gasteiger partial charge in [0.15, 0.2) is 5.82 Å². The van der Waals surface area contributed by atoms with Crippen LogP contribution < -0.4 is 0 Å². The van der Waals surface area contributed by atoms with Gasteiger partial charge in [0.1, 0.15) is 0 Å². The van der Waals surface area contributed by atoms with Gasteiger partial charge in [-0.1, -0.05) is 47.6 Å². The standard InChI is InChI=1S/C19H21N3O/c1-14-20-19(23-21-14)13-22-11-5-9-17(22)12-16-8-4-7-15-6-2-3-10-18(15)16/h2-4,6-8,10,17H,5,9,11-13H2,1H3/t17-/m0/s1. The maximum Gasteiger partial charge on any atom is 0.240 e. The van der Waals surface area contributed by atoms with E-state index in [1.165, 1.54) is 29.2 Å². The highest BCUT2D eigenvalue weighted by Crippen LogP contribution is 2.26. The van der Waals surface area contributed by atoms with Gasteiger partial charge in [0.2, 0.25) is 5.89 Å². The van der Waals surface area contributed by atoms with Crippen molar-refractivity contribution in [2.75, 3.05) is 6.54 Å². The molecule has 4 nitrogen and oxygen atoms in total. The number of aromatic nitrogens is 2. The third-order valence-corrected chi connectivity index (χ3v) is 4.74. The van der Waals surface area contributed by atoms with Crippen LogP contribution in [0.15, 0.2) is 47.0 Å². The molecular formula is C19H21N3O. The summed E-state index contributed by atoms with van der Waals surface area (Å²) < 4.78 is 5.29. The maximum atomic E-state index is 5.29. The zero-order valence-electron chi connectivity index (χ0n) is 13.4. The molecule has 0 spiro atoms. The quantitative estimate of drug-likeness (QED) is 0.736. The van der Waals surface area contributed by atoms with Gasteiger partial charge in [0.25, 0.3) is 0 Å². The van der Waals surface area contributed by atoms with Crippen molar-refractivity contribution in [2.45, 2.75) is 38.8 Å². The number of rotatable bonds is 4. The first-order chi connectivity index (χ1) is 11.3. The SMILES string of the molecule is Cc1noc(CN2CCC[C@H]2Cc2cccc3ccccc23)n1. The predicted molar refractivity (Wildman–Crippen MR) is 90.1 cm³/mol. The molecule has 4 rings (SSSR count). The van der Waals surface area contributed by atoms with Crippen molar-refractivity contribution in [2.24, 2.45) is 0 Å². The summed E-state index contributed by atoms with van der Waals surface area (Å²) in [6.45, 7) is 3.73. The van der Waals surface area contributed by atoms with Crippen LogP contribution in [0.1, 0.15) is 30.1 Å². The van der Waals surface area contributed by atoms with E-state index in [9.17, 15) is 0 Å². The zero-order valence-corrected chi connectivity index (χ0v) is 13.4. The van der Waals surface area contributed by atoms with Crippen LogP contribution in [0.2, 0.25) is 0 Å². The molecule has 1 aromatic heterocycles. The molecule has 1 fully saturated rings. The third-order valence-electron chi connectivity index (χ3n) is 4.74. The Morgan fingerprint density at radius 1 is 1.17 bits per heavy atom. The number of hydrogen-bond acceptors (Lipinski definition) is 4. The molecule has 0 radical (unpaired) electrons. The summed E-state index contributed by atoms with van der Waals surface area (Å²) in [5.41, 5.74) is 1.43. The molecule has 2 heterocycles. The molecule has 0 saturated carbocycles. The van der Waals surface area contributed by atoms with Gasteiger partial charge < -0.3 is 4.52 Å².